The molecule has 6 nitrogen and oxygen atoms in total. The molecule has 0 spiro atoms. The Morgan fingerprint density at radius 2 is 2.04 bits per heavy atom. The molecule has 4 rings (SSSR count). The van der Waals surface area contributed by atoms with Crippen molar-refractivity contribution in [2.24, 2.45) is 0 Å². The molecule has 2 heterocycles. The molecular formula is C18H18N4O2. The van der Waals surface area contributed by atoms with E-state index in [1.165, 1.54) is 0 Å². The first-order valence-electron chi connectivity index (χ1n) is 8.16. The molecule has 1 aliphatic carbocycles. The molecule has 0 fully saturated rings. The summed E-state index contributed by atoms with van der Waals surface area (Å²) in [4.78, 5) is 12.3. The molecule has 0 unspecified atom stereocenters. The summed E-state index contributed by atoms with van der Waals surface area (Å²) in [6, 6.07) is 11.8. The van der Waals surface area contributed by atoms with E-state index in [2.05, 4.69) is 20.7 Å². The minimum Gasteiger partial charge on any atom is -0.350 e. The predicted molar refractivity (Wildman–Crippen MR) is 88.3 cm³/mol. The number of nitrogens with one attached hydrogen (secondary N) is 2. The Morgan fingerprint density at radius 1 is 1.21 bits per heavy atom. The van der Waals surface area contributed by atoms with Gasteiger partial charge in [0.25, 0.3) is 5.91 Å². The van der Waals surface area contributed by atoms with Crippen molar-refractivity contribution in [1.82, 2.24) is 20.7 Å². The van der Waals surface area contributed by atoms with Crippen molar-refractivity contribution >= 4 is 5.91 Å². The lowest BCUT2D eigenvalue weighted by atomic mass is 9.96. The zero-order chi connectivity index (χ0) is 16.4. The number of aromatic amines is 1. The van der Waals surface area contributed by atoms with Gasteiger partial charge in [0, 0.05) is 11.1 Å². The van der Waals surface area contributed by atoms with Crippen LogP contribution in [0.1, 0.15) is 40.3 Å². The lowest BCUT2D eigenvalue weighted by Gasteiger charge is -2.08. The van der Waals surface area contributed by atoms with Gasteiger partial charge in [0.15, 0.2) is 0 Å². The number of aryl methyl sites for hydroxylation is 1. The van der Waals surface area contributed by atoms with Gasteiger partial charge < -0.3 is 9.84 Å². The second-order valence-electron chi connectivity index (χ2n) is 5.97. The van der Waals surface area contributed by atoms with Crippen LogP contribution in [-0.4, -0.2) is 21.3 Å². The Kier molecular flexibility index (Phi) is 3.86. The monoisotopic (exact) mass is 322 g/mol. The van der Waals surface area contributed by atoms with Crippen LogP contribution in [0.2, 0.25) is 0 Å². The van der Waals surface area contributed by atoms with Crippen LogP contribution in [0, 0.1) is 0 Å². The van der Waals surface area contributed by atoms with Crippen LogP contribution < -0.4 is 5.32 Å². The summed E-state index contributed by atoms with van der Waals surface area (Å²) < 4.78 is 5.25. The molecule has 0 atom stereocenters. The number of carbonyl (C=O) groups is 1. The standard InChI is InChI=1S/C18H18N4O2/c23-18(17-14-8-4-5-9-15(14)22-24-17)19-11-13-10-16(21-20-13)12-6-2-1-3-7-12/h1-3,6-7,10H,4-5,8-9,11H2,(H,19,23)(H,20,21). The highest BCUT2D eigenvalue weighted by Gasteiger charge is 2.24. The van der Waals surface area contributed by atoms with Crippen molar-refractivity contribution in [3.05, 3.63) is 59.1 Å². The first-order chi connectivity index (χ1) is 11.8. The number of benzene rings is 1. The SMILES string of the molecule is O=C(NCc1cc(-c2ccccc2)n[nH]1)c1onc2c1CCCC2. The van der Waals surface area contributed by atoms with Crippen LogP contribution in [0.15, 0.2) is 40.9 Å². The third-order valence-corrected chi connectivity index (χ3v) is 4.31. The molecule has 122 valence electrons. The van der Waals surface area contributed by atoms with Gasteiger partial charge in [-0.25, -0.2) is 0 Å². The zero-order valence-corrected chi connectivity index (χ0v) is 13.2. The maximum Gasteiger partial charge on any atom is 0.290 e. The van der Waals surface area contributed by atoms with Crippen molar-refractivity contribution in [2.45, 2.75) is 32.2 Å². The number of hydrogen-bond donors (Lipinski definition) is 2. The molecule has 3 aromatic rings. The second kappa shape index (κ2) is 6.31. The minimum absolute atomic E-state index is 0.221. The van der Waals surface area contributed by atoms with Crippen molar-refractivity contribution < 1.29 is 9.32 Å². The van der Waals surface area contributed by atoms with E-state index < -0.39 is 0 Å². The summed E-state index contributed by atoms with van der Waals surface area (Å²) in [5.74, 6) is 0.133. The van der Waals surface area contributed by atoms with E-state index in [1.807, 2.05) is 36.4 Å². The molecule has 1 aliphatic rings. The number of hydrogen-bond acceptors (Lipinski definition) is 4. The van der Waals surface area contributed by atoms with E-state index in [1.54, 1.807) is 0 Å². The molecular weight excluding hydrogens is 304 g/mol. The Bertz CT molecular complexity index is 851. The highest BCUT2D eigenvalue weighted by atomic mass is 16.5. The number of rotatable bonds is 4. The van der Waals surface area contributed by atoms with Gasteiger partial charge in [-0.3, -0.25) is 9.89 Å². The number of amides is 1. The zero-order valence-electron chi connectivity index (χ0n) is 13.2. The van der Waals surface area contributed by atoms with Crippen molar-refractivity contribution in [1.29, 1.82) is 0 Å². The Morgan fingerprint density at radius 3 is 2.92 bits per heavy atom. The van der Waals surface area contributed by atoms with Crippen LogP contribution in [0.3, 0.4) is 0 Å². The maximum atomic E-state index is 12.3. The van der Waals surface area contributed by atoms with Gasteiger partial charge in [0.1, 0.15) is 0 Å². The highest BCUT2D eigenvalue weighted by Crippen LogP contribution is 2.24. The van der Waals surface area contributed by atoms with Crippen LogP contribution in [0.25, 0.3) is 11.3 Å². The van der Waals surface area contributed by atoms with E-state index in [9.17, 15) is 4.79 Å². The summed E-state index contributed by atoms with van der Waals surface area (Å²) in [7, 11) is 0. The van der Waals surface area contributed by atoms with Gasteiger partial charge in [-0.2, -0.15) is 5.10 Å². The fourth-order valence-corrected chi connectivity index (χ4v) is 3.03. The fraction of sp³-hybridized carbons (Fsp3) is 0.278. The molecule has 6 heteroatoms. The number of fused-ring (bicyclic) bond motifs is 1. The predicted octanol–water partition coefficient (Wildman–Crippen LogP) is 2.87. The Hall–Kier alpha value is -2.89. The molecule has 2 N–H and O–H groups in total. The number of carbonyl (C=O) groups excluding carboxylic acids is 1. The van der Waals surface area contributed by atoms with E-state index in [4.69, 9.17) is 4.52 Å². The van der Waals surface area contributed by atoms with Gasteiger partial charge >= 0.3 is 0 Å². The number of aromatic nitrogens is 3. The lowest BCUT2D eigenvalue weighted by Crippen LogP contribution is -2.24. The average molecular weight is 322 g/mol. The molecule has 1 aromatic carbocycles. The average Bonchev–Trinajstić information content (AvgIpc) is 3.27. The van der Waals surface area contributed by atoms with Gasteiger partial charge in [-0.05, 0) is 31.7 Å². The van der Waals surface area contributed by atoms with Gasteiger partial charge in [-0.15, -0.1) is 0 Å². The molecule has 1 amide bonds. The van der Waals surface area contributed by atoms with Gasteiger partial charge in [0.05, 0.1) is 23.6 Å². The molecule has 0 saturated carbocycles. The normalized spacial score (nSPS) is 13.5. The third kappa shape index (κ3) is 2.82. The van der Waals surface area contributed by atoms with E-state index in [0.717, 1.165) is 53.9 Å². The first-order valence-corrected chi connectivity index (χ1v) is 8.16. The molecule has 24 heavy (non-hydrogen) atoms. The summed E-state index contributed by atoms with van der Waals surface area (Å²) >= 11 is 0. The van der Waals surface area contributed by atoms with Crippen molar-refractivity contribution in [2.75, 3.05) is 0 Å². The van der Waals surface area contributed by atoms with Crippen molar-refractivity contribution in [3.8, 4) is 11.3 Å². The van der Waals surface area contributed by atoms with Crippen LogP contribution in [-0.2, 0) is 19.4 Å². The topological polar surface area (TPSA) is 83.8 Å². The minimum atomic E-state index is -0.221. The molecule has 0 aliphatic heterocycles. The summed E-state index contributed by atoms with van der Waals surface area (Å²) in [6.07, 6.45) is 3.95. The second-order valence-corrected chi connectivity index (χ2v) is 5.97. The summed E-state index contributed by atoms with van der Waals surface area (Å²) in [5.41, 5.74) is 4.63. The lowest BCUT2D eigenvalue weighted by molar-refractivity contribution is 0.0912. The fourth-order valence-electron chi connectivity index (χ4n) is 3.03. The van der Waals surface area contributed by atoms with Gasteiger partial charge in [-0.1, -0.05) is 35.5 Å². The van der Waals surface area contributed by atoms with E-state index in [-0.39, 0.29) is 5.91 Å². The quantitative estimate of drug-likeness (QED) is 0.773. The van der Waals surface area contributed by atoms with E-state index >= 15 is 0 Å². The largest absolute Gasteiger partial charge is 0.350 e. The molecule has 0 saturated heterocycles. The first kappa shape index (κ1) is 14.7. The molecule has 0 bridgehead atoms. The maximum absolute atomic E-state index is 12.3. The third-order valence-electron chi connectivity index (χ3n) is 4.31. The number of H-pyrrole nitrogens is 1. The Labute approximate surface area is 139 Å². The Balaban J connectivity index is 1.43. The van der Waals surface area contributed by atoms with Gasteiger partial charge in [0.2, 0.25) is 5.76 Å². The molecule has 0 radical (unpaired) electrons. The van der Waals surface area contributed by atoms with Crippen LogP contribution >= 0.6 is 0 Å². The van der Waals surface area contributed by atoms with E-state index in [0.29, 0.717) is 12.3 Å². The molecule has 2 aromatic heterocycles. The summed E-state index contributed by atoms with van der Waals surface area (Å²) in [5, 5.41) is 14.1. The highest BCUT2D eigenvalue weighted by molar-refractivity contribution is 5.93. The smallest absolute Gasteiger partial charge is 0.290 e. The van der Waals surface area contributed by atoms with Crippen molar-refractivity contribution in [3.63, 3.8) is 0 Å². The number of nitrogens with zero attached hydrogens (tertiary/aromatic N) is 2. The van der Waals surface area contributed by atoms with Crippen LogP contribution in [0.4, 0.5) is 0 Å². The summed E-state index contributed by atoms with van der Waals surface area (Å²) in [6.45, 7) is 0.369. The van der Waals surface area contributed by atoms with Crippen LogP contribution in [0.5, 0.6) is 0 Å².